The summed E-state index contributed by atoms with van der Waals surface area (Å²) in [5.41, 5.74) is 3.89. The van der Waals surface area contributed by atoms with Crippen LogP contribution in [0.15, 0.2) is 60.7 Å². The van der Waals surface area contributed by atoms with Crippen LogP contribution < -0.4 is 0 Å². The van der Waals surface area contributed by atoms with Crippen molar-refractivity contribution in [2.24, 2.45) is 0 Å². The maximum absolute atomic E-state index is 13.8. The van der Waals surface area contributed by atoms with Crippen molar-refractivity contribution >= 4 is 5.97 Å². The van der Waals surface area contributed by atoms with Crippen molar-refractivity contribution in [3.8, 4) is 28.0 Å². The van der Waals surface area contributed by atoms with Crippen molar-refractivity contribution in [1.82, 2.24) is 0 Å². The predicted molar refractivity (Wildman–Crippen MR) is 105 cm³/mol. The van der Waals surface area contributed by atoms with E-state index in [4.69, 9.17) is 5.11 Å². The standard InChI is InChI=1S/C23H20F2O3/c1-14-3-2-4-15(11-14)20-8-5-17(13-21(20)23(24)25)19-9-7-18(26)12-16(19)6-10-22(27)28/h2-5,7-9,11-13,23,26H,6,10H2,1H3,(H,27,28). The van der Waals surface area contributed by atoms with Gasteiger partial charge in [-0.25, -0.2) is 8.78 Å². The fourth-order valence-corrected chi connectivity index (χ4v) is 3.30. The van der Waals surface area contributed by atoms with Crippen molar-refractivity contribution in [2.45, 2.75) is 26.2 Å². The number of phenols is 1. The van der Waals surface area contributed by atoms with Crippen LogP contribution in [0.3, 0.4) is 0 Å². The van der Waals surface area contributed by atoms with Gasteiger partial charge < -0.3 is 10.2 Å². The number of benzene rings is 3. The quantitative estimate of drug-likeness (QED) is 0.551. The molecule has 0 bridgehead atoms. The zero-order valence-electron chi connectivity index (χ0n) is 15.3. The number of hydrogen-bond acceptors (Lipinski definition) is 2. The van der Waals surface area contributed by atoms with E-state index in [-0.39, 0.29) is 24.2 Å². The van der Waals surface area contributed by atoms with Crippen LogP contribution in [-0.4, -0.2) is 16.2 Å². The molecule has 0 radical (unpaired) electrons. The Morgan fingerprint density at radius 3 is 2.36 bits per heavy atom. The molecule has 5 heteroatoms. The summed E-state index contributed by atoms with van der Waals surface area (Å²) in [5, 5.41) is 18.7. The number of alkyl halides is 2. The summed E-state index contributed by atoms with van der Waals surface area (Å²) in [6.07, 6.45) is -2.57. The first-order chi connectivity index (χ1) is 13.3. The molecule has 0 spiro atoms. The highest BCUT2D eigenvalue weighted by atomic mass is 19.3. The molecule has 0 fully saturated rings. The van der Waals surface area contributed by atoms with Crippen molar-refractivity contribution in [1.29, 1.82) is 0 Å². The molecule has 0 aliphatic carbocycles. The molecule has 3 rings (SSSR count). The highest BCUT2D eigenvalue weighted by Gasteiger charge is 2.17. The van der Waals surface area contributed by atoms with Crippen LogP contribution in [0.4, 0.5) is 8.78 Å². The number of rotatable bonds is 6. The number of halogens is 2. The highest BCUT2D eigenvalue weighted by Crippen LogP contribution is 2.36. The third-order valence-electron chi connectivity index (χ3n) is 4.62. The molecule has 0 amide bonds. The number of aliphatic carboxylic acids is 1. The molecule has 0 unspecified atom stereocenters. The molecule has 0 aromatic heterocycles. The molecule has 0 aliphatic heterocycles. The molecule has 0 heterocycles. The van der Waals surface area contributed by atoms with E-state index in [1.54, 1.807) is 24.3 Å². The van der Waals surface area contributed by atoms with E-state index >= 15 is 0 Å². The van der Waals surface area contributed by atoms with Gasteiger partial charge in [-0.05, 0) is 59.4 Å². The van der Waals surface area contributed by atoms with Gasteiger partial charge in [0.1, 0.15) is 5.75 Å². The van der Waals surface area contributed by atoms with E-state index < -0.39 is 12.4 Å². The normalized spacial score (nSPS) is 11.0. The third kappa shape index (κ3) is 4.36. The summed E-state index contributed by atoms with van der Waals surface area (Å²) in [4.78, 5) is 10.9. The van der Waals surface area contributed by atoms with Gasteiger partial charge in [0.25, 0.3) is 6.43 Å². The lowest BCUT2D eigenvalue weighted by molar-refractivity contribution is -0.136. The Morgan fingerprint density at radius 2 is 1.68 bits per heavy atom. The molecule has 0 aliphatic rings. The largest absolute Gasteiger partial charge is 0.508 e. The summed E-state index contributed by atoms with van der Waals surface area (Å²) in [6, 6.07) is 16.8. The Balaban J connectivity index is 2.09. The first-order valence-corrected chi connectivity index (χ1v) is 8.88. The van der Waals surface area contributed by atoms with Gasteiger partial charge in [-0.1, -0.05) is 48.0 Å². The molecule has 3 aromatic rings. The minimum Gasteiger partial charge on any atom is -0.508 e. The lowest BCUT2D eigenvalue weighted by Gasteiger charge is -2.15. The smallest absolute Gasteiger partial charge is 0.303 e. The van der Waals surface area contributed by atoms with Gasteiger partial charge in [0.15, 0.2) is 0 Å². The number of hydrogen-bond donors (Lipinski definition) is 2. The first kappa shape index (κ1) is 19.5. The van der Waals surface area contributed by atoms with Crippen LogP contribution in [-0.2, 0) is 11.2 Å². The summed E-state index contributed by atoms with van der Waals surface area (Å²) in [5.74, 6) is -0.952. The summed E-state index contributed by atoms with van der Waals surface area (Å²) in [6.45, 7) is 1.91. The fraction of sp³-hybridized carbons (Fsp3) is 0.174. The van der Waals surface area contributed by atoms with Crippen molar-refractivity contribution < 1.29 is 23.8 Å². The molecule has 144 valence electrons. The average molecular weight is 382 g/mol. The molecule has 3 nitrogen and oxygen atoms in total. The third-order valence-corrected chi connectivity index (χ3v) is 4.62. The fourth-order valence-electron chi connectivity index (χ4n) is 3.30. The summed E-state index contributed by atoms with van der Waals surface area (Å²) >= 11 is 0. The monoisotopic (exact) mass is 382 g/mol. The van der Waals surface area contributed by atoms with E-state index in [1.165, 1.54) is 18.2 Å². The predicted octanol–water partition coefficient (Wildman–Crippen LogP) is 5.99. The number of carboxylic acids is 1. The van der Waals surface area contributed by atoms with E-state index in [2.05, 4.69) is 0 Å². The molecular formula is C23H20F2O3. The van der Waals surface area contributed by atoms with Gasteiger partial charge in [0.05, 0.1) is 0 Å². The maximum Gasteiger partial charge on any atom is 0.303 e. The number of carbonyl (C=O) groups is 1. The second-order valence-electron chi connectivity index (χ2n) is 6.71. The van der Waals surface area contributed by atoms with Crippen LogP contribution in [0.25, 0.3) is 22.3 Å². The minimum atomic E-state index is -2.66. The number of aryl methyl sites for hydroxylation is 2. The second kappa shape index (κ2) is 8.21. The average Bonchev–Trinajstić information content (AvgIpc) is 2.66. The molecule has 0 saturated carbocycles. The van der Waals surface area contributed by atoms with E-state index in [0.717, 1.165) is 11.1 Å². The van der Waals surface area contributed by atoms with E-state index in [9.17, 15) is 18.7 Å². The van der Waals surface area contributed by atoms with Crippen molar-refractivity contribution in [3.05, 3.63) is 77.4 Å². The lowest BCUT2D eigenvalue weighted by atomic mass is 9.91. The Bertz CT molecular complexity index is 1010. The van der Waals surface area contributed by atoms with Crippen molar-refractivity contribution in [3.63, 3.8) is 0 Å². The SMILES string of the molecule is Cc1cccc(-c2ccc(-c3ccc(O)cc3CCC(=O)O)cc2C(F)F)c1. The zero-order valence-corrected chi connectivity index (χ0v) is 15.3. The van der Waals surface area contributed by atoms with Gasteiger partial charge >= 0.3 is 5.97 Å². The van der Waals surface area contributed by atoms with Crippen LogP contribution in [0.2, 0.25) is 0 Å². The summed E-state index contributed by atoms with van der Waals surface area (Å²) < 4.78 is 27.6. The molecular weight excluding hydrogens is 362 g/mol. The van der Waals surface area contributed by atoms with Crippen LogP contribution >= 0.6 is 0 Å². The highest BCUT2D eigenvalue weighted by molar-refractivity contribution is 5.76. The molecule has 2 N–H and O–H groups in total. The molecule has 28 heavy (non-hydrogen) atoms. The first-order valence-electron chi connectivity index (χ1n) is 8.88. The maximum atomic E-state index is 13.8. The van der Waals surface area contributed by atoms with Gasteiger partial charge in [-0.15, -0.1) is 0 Å². The Hall–Kier alpha value is -3.21. The summed E-state index contributed by atoms with van der Waals surface area (Å²) in [7, 11) is 0. The van der Waals surface area contributed by atoms with Crippen molar-refractivity contribution in [2.75, 3.05) is 0 Å². The Labute approximate surface area is 161 Å². The molecule has 3 aromatic carbocycles. The number of phenolic OH excluding ortho intramolecular Hbond substituents is 1. The van der Waals surface area contributed by atoms with Gasteiger partial charge in [0, 0.05) is 12.0 Å². The van der Waals surface area contributed by atoms with Crippen LogP contribution in [0, 0.1) is 6.92 Å². The van der Waals surface area contributed by atoms with Gasteiger partial charge in [-0.3, -0.25) is 4.79 Å². The van der Waals surface area contributed by atoms with Gasteiger partial charge in [0.2, 0.25) is 0 Å². The van der Waals surface area contributed by atoms with Gasteiger partial charge in [-0.2, -0.15) is 0 Å². The zero-order chi connectivity index (χ0) is 20.3. The van der Waals surface area contributed by atoms with Crippen LogP contribution in [0.1, 0.15) is 29.5 Å². The minimum absolute atomic E-state index is 0.00889. The van der Waals surface area contributed by atoms with Crippen LogP contribution in [0.5, 0.6) is 5.75 Å². The second-order valence-corrected chi connectivity index (χ2v) is 6.71. The topological polar surface area (TPSA) is 57.5 Å². The molecule has 0 atom stereocenters. The lowest BCUT2D eigenvalue weighted by Crippen LogP contribution is -1.99. The van der Waals surface area contributed by atoms with E-state index in [0.29, 0.717) is 22.3 Å². The molecule has 0 saturated heterocycles. The Kier molecular flexibility index (Phi) is 5.73. The Morgan fingerprint density at radius 1 is 0.964 bits per heavy atom. The van der Waals surface area contributed by atoms with E-state index in [1.807, 2.05) is 25.1 Å². The number of aromatic hydroxyl groups is 1. The number of carboxylic acid groups (broad SMARTS) is 1.